The van der Waals surface area contributed by atoms with E-state index in [0.29, 0.717) is 31.6 Å². The van der Waals surface area contributed by atoms with Gasteiger partial charge in [-0.25, -0.2) is 9.59 Å². The van der Waals surface area contributed by atoms with E-state index in [0.717, 1.165) is 3.79 Å². The van der Waals surface area contributed by atoms with Crippen LogP contribution in [-0.4, -0.2) is 41.9 Å². The number of likely N-dealkylation sites (tertiary alicyclic amines) is 1. The molecule has 2 amide bonds. The third kappa shape index (κ3) is 7.64. The first kappa shape index (κ1) is 21.8. The van der Waals surface area contributed by atoms with Crippen LogP contribution in [-0.2, 0) is 9.47 Å². The van der Waals surface area contributed by atoms with Gasteiger partial charge in [-0.1, -0.05) is 13.8 Å². The van der Waals surface area contributed by atoms with Crippen molar-refractivity contribution in [3.05, 3.63) is 15.2 Å². The van der Waals surface area contributed by atoms with Crippen LogP contribution in [0.2, 0.25) is 0 Å². The Hall–Kier alpha value is -1.28. The van der Waals surface area contributed by atoms with Crippen LogP contribution in [0.15, 0.2) is 15.2 Å². The van der Waals surface area contributed by atoms with Crippen LogP contribution in [0.25, 0.3) is 0 Å². The molecule has 8 heteroatoms. The number of carbonyl (C=O) groups is 2. The van der Waals surface area contributed by atoms with E-state index in [1.54, 1.807) is 11.0 Å². The Labute approximate surface area is 162 Å². The van der Waals surface area contributed by atoms with Gasteiger partial charge >= 0.3 is 12.2 Å². The van der Waals surface area contributed by atoms with Crippen molar-refractivity contribution in [2.24, 2.45) is 0 Å². The monoisotopic (exact) mass is 434 g/mol. The second-order valence-corrected chi connectivity index (χ2v) is 8.54. The highest BCUT2D eigenvalue weighted by Gasteiger charge is 2.28. The minimum Gasteiger partial charge on any atom is -0.446 e. The number of thiophene rings is 1. The lowest BCUT2D eigenvalue weighted by atomic mass is 10.1. The van der Waals surface area contributed by atoms with E-state index >= 15 is 0 Å². The van der Waals surface area contributed by atoms with Crippen molar-refractivity contribution < 1.29 is 19.1 Å². The maximum Gasteiger partial charge on any atom is 0.411 e. The van der Waals surface area contributed by atoms with Crippen molar-refractivity contribution in [1.29, 1.82) is 0 Å². The lowest BCUT2D eigenvalue weighted by Crippen LogP contribution is -2.44. The number of halogens is 1. The van der Waals surface area contributed by atoms with Crippen LogP contribution >= 0.6 is 27.3 Å². The normalized spacial score (nSPS) is 15.0. The van der Waals surface area contributed by atoms with Gasteiger partial charge in [0, 0.05) is 25.9 Å². The van der Waals surface area contributed by atoms with Gasteiger partial charge < -0.3 is 14.4 Å². The van der Waals surface area contributed by atoms with E-state index in [9.17, 15) is 9.59 Å². The maximum atomic E-state index is 12.0. The third-order valence-corrected chi connectivity index (χ3v) is 4.91. The number of nitrogens with one attached hydrogen (secondary N) is 1. The second-order valence-electron chi connectivity index (χ2n) is 6.31. The Morgan fingerprint density at radius 3 is 2.36 bits per heavy atom. The number of nitrogens with zero attached hydrogens (tertiary/aromatic N) is 1. The highest BCUT2D eigenvalue weighted by molar-refractivity contribution is 9.11. The van der Waals surface area contributed by atoms with E-state index < -0.39 is 11.7 Å². The largest absolute Gasteiger partial charge is 0.446 e. The van der Waals surface area contributed by atoms with Gasteiger partial charge in [0.05, 0.1) is 9.47 Å². The molecule has 1 aromatic heterocycles. The summed E-state index contributed by atoms with van der Waals surface area (Å²) in [5.41, 5.74) is 0.198. The minimum absolute atomic E-state index is 0.189. The number of piperidine rings is 1. The fourth-order valence-electron chi connectivity index (χ4n) is 2.16. The van der Waals surface area contributed by atoms with Gasteiger partial charge in [-0.2, -0.15) is 0 Å². The Morgan fingerprint density at radius 2 is 1.88 bits per heavy atom. The summed E-state index contributed by atoms with van der Waals surface area (Å²) in [4.78, 5) is 25.5. The first-order valence-corrected chi connectivity index (χ1v) is 10.1. The van der Waals surface area contributed by atoms with Gasteiger partial charge in [0.15, 0.2) is 0 Å². The molecule has 0 saturated carbocycles. The number of amides is 2. The summed E-state index contributed by atoms with van der Waals surface area (Å²) in [7, 11) is 0. The molecule has 1 aliphatic heterocycles. The van der Waals surface area contributed by atoms with Gasteiger partial charge in [0.1, 0.15) is 11.7 Å². The zero-order valence-corrected chi connectivity index (χ0v) is 17.8. The van der Waals surface area contributed by atoms with Gasteiger partial charge in [0.25, 0.3) is 0 Å². The molecule has 0 atom stereocenters. The molecule has 0 unspecified atom stereocenters. The average molecular weight is 435 g/mol. The summed E-state index contributed by atoms with van der Waals surface area (Å²) in [6, 6.07) is 1.81. The molecule has 1 N–H and O–H groups in total. The lowest BCUT2D eigenvalue weighted by molar-refractivity contribution is 0.00794. The summed E-state index contributed by atoms with van der Waals surface area (Å²) in [5.74, 6) is 0. The molecule has 0 aliphatic carbocycles. The van der Waals surface area contributed by atoms with E-state index in [1.807, 2.05) is 40.0 Å². The minimum atomic E-state index is -0.502. The van der Waals surface area contributed by atoms with Crippen LogP contribution in [0.1, 0.15) is 47.5 Å². The predicted molar refractivity (Wildman–Crippen MR) is 104 cm³/mol. The number of anilines is 1. The molecule has 2 rings (SSSR count). The molecule has 0 radical (unpaired) electrons. The zero-order valence-electron chi connectivity index (χ0n) is 15.4. The van der Waals surface area contributed by atoms with E-state index in [1.165, 1.54) is 11.3 Å². The first-order valence-electron chi connectivity index (χ1n) is 8.43. The molecular formula is C17H27BrN2O4S. The lowest BCUT2D eigenvalue weighted by Gasteiger charge is -2.33. The molecule has 0 bridgehead atoms. The summed E-state index contributed by atoms with van der Waals surface area (Å²) in [5, 5.41) is 4.57. The Balaban J connectivity index is 0.00000151. The first-order chi connectivity index (χ1) is 11.7. The molecule has 1 aromatic rings. The number of hydrogen-bond donors (Lipinski definition) is 1. The molecule has 1 aliphatic rings. The second kappa shape index (κ2) is 10.0. The Kier molecular flexibility index (Phi) is 8.71. The molecule has 1 saturated heterocycles. The fourth-order valence-corrected chi connectivity index (χ4v) is 3.28. The van der Waals surface area contributed by atoms with E-state index in [4.69, 9.17) is 9.47 Å². The standard InChI is InChI=1S/C15H21BrN2O4S.C2H6/c1-15(2,3)22-14(20)18-7-4-10(5-8-18)21-13(19)17-11-6-9-23-12(11)16;1-2/h6,9-10H,4-5,7-8H2,1-3H3,(H,17,19);1-2H3. The average Bonchev–Trinajstić information content (AvgIpc) is 2.93. The fraction of sp³-hybridized carbons (Fsp3) is 0.647. The van der Waals surface area contributed by atoms with Crippen molar-refractivity contribution >= 4 is 45.1 Å². The summed E-state index contributed by atoms with van der Waals surface area (Å²) >= 11 is 4.85. The van der Waals surface area contributed by atoms with Crippen molar-refractivity contribution in [3.8, 4) is 0 Å². The topological polar surface area (TPSA) is 67.9 Å². The summed E-state index contributed by atoms with van der Waals surface area (Å²) in [6.45, 7) is 10.6. The Morgan fingerprint density at radius 1 is 1.28 bits per heavy atom. The molecular weight excluding hydrogens is 408 g/mol. The van der Waals surface area contributed by atoms with E-state index in [-0.39, 0.29) is 12.2 Å². The number of carbonyl (C=O) groups excluding carboxylic acids is 2. The third-order valence-electron chi connectivity index (χ3n) is 3.22. The number of rotatable bonds is 2. The SMILES string of the molecule is CC.CC(C)(C)OC(=O)N1CCC(OC(=O)Nc2ccsc2Br)CC1. The molecule has 25 heavy (non-hydrogen) atoms. The van der Waals surface area contributed by atoms with Crippen LogP contribution in [0.4, 0.5) is 15.3 Å². The molecule has 1 fully saturated rings. The van der Waals surface area contributed by atoms with Crippen molar-refractivity contribution in [3.63, 3.8) is 0 Å². The molecule has 2 heterocycles. The molecule has 6 nitrogen and oxygen atoms in total. The van der Waals surface area contributed by atoms with Gasteiger partial charge in [-0.15, -0.1) is 11.3 Å². The smallest absolute Gasteiger partial charge is 0.411 e. The van der Waals surface area contributed by atoms with Crippen molar-refractivity contribution in [2.75, 3.05) is 18.4 Å². The molecule has 0 spiro atoms. The number of hydrogen-bond acceptors (Lipinski definition) is 5. The van der Waals surface area contributed by atoms with Crippen LogP contribution < -0.4 is 5.32 Å². The van der Waals surface area contributed by atoms with Gasteiger partial charge in [-0.3, -0.25) is 5.32 Å². The van der Waals surface area contributed by atoms with Crippen LogP contribution in [0, 0.1) is 0 Å². The van der Waals surface area contributed by atoms with E-state index in [2.05, 4.69) is 21.2 Å². The molecule has 142 valence electrons. The van der Waals surface area contributed by atoms with Crippen molar-refractivity contribution in [2.45, 2.75) is 59.2 Å². The molecule has 0 aromatic carbocycles. The van der Waals surface area contributed by atoms with Crippen LogP contribution in [0.5, 0.6) is 0 Å². The quantitative estimate of drug-likeness (QED) is 0.668. The van der Waals surface area contributed by atoms with Gasteiger partial charge in [-0.05, 0) is 48.1 Å². The summed E-state index contributed by atoms with van der Waals surface area (Å²) in [6.07, 6.45) is 0.239. The van der Waals surface area contributed by atoms with Gasteiger partial charge in [0.2, 0.25) is 0 Å². The highest BCUT2D eigenvalue weighted by Crippen LogP contribution is 2.28. The number of ether oxygens (including phenoxy) is 2. The predicted octanol–water partition coefficient (Wildman–Crippen LogP) is 5.48. The Bertz CT molecular complexity index is 563. The zero-order chi connectivity index (χ0) is 19.0. The van der Waals surface area contributed by atoms with Crippen molar-refractivity contribution in [1.82, 2.24) is 4.90 Å². The van der Waals surface area contributed by atoms with Crippen LogP contribution in [0.3, 0.4) is 0 Å². The maximum absolute atomic E-state index is 12.0. The highest BCUT2D eigenvalue weighted by atomic mass is 79.9. The summed E-state index contributed by atoms with van der Waals surface area (Å²) < 4.78 is 11.6.